The van der Waals surface area contributed by atoms with E-state index in [2.05, 4.69) is 10.3 Å². The van der Waals surface area contributed by atoms with Gasteiger partial charge in [0, 0.05) is 24.7 Å². The summed E-state index contributed by atoms with van der Waals surface area (Å²) >= 11 is 0. The largest absolute Gasteiger partial charge is 0.437 e. The third-order valence-electron chi connectivity index (χ3n) is 4.74. The van der Waals surface area contributed by atoms with Gasteiger partial charge in [-0.15, -0.1) is 0 Å². The summed E-state index contributed by atoms with van der Waals surface area (Å²) < 4.78 is 70.2. The smallest absolute Gasteiger partial charge is 0.326 e. The molecule has 2 aromatic rings. The van der Waals surface area contributed by atoms with Gasteiger partial charge < -0.3 is 5.32 Å². The summed E-state index contributed by atoms with van der Waals surface area (Å²) in [6, 6.07) is 12.2. The molecule has 0 bridgehead atoms. The molecular weight excluding hydrogens is 461 g/mol. The second-order valence-electron chi connectivity index (χ2n) is 7.28. The van der Waals surface area contributed by atoms with E-state index < -0.39 is 38.6 Å². The Balaban J connectivity index is 2.08. The fourth-order valence-electron chi connectivity index (χ4n) is 3.28. The molecular formula is C21H21F3N4O4S. The summed E-state index contributed by atoms with van der Waals surface area (Å²) in [6.45, 7) is 2.83. The van der Waals surface area contributed by atoms with E-state index in [0.717, 1.165) is 17.0 Å². The number of anilines is 1. The first-order valence-electron chi connectivity index (χ1n) is 9.87. The van der Waals surface area contributed by atoms with E-state index in [-0.39, 0.29) is 23.6 Å². The average molecular weight is 482 g/mol. The summed E-state index contributed by atoms with van der Waals surface area (Å²) in [7, 11) is -4.84. The molecule has 1 aliphatic rings. The predicted molar refractivity (Wildman–Crippen MR) is 115 cm³/mol. The molecule has 0 saturated carbocycles. The Morgan fingerprint density at radius 3 is 2.21 bits per heavy atom. The van der Waals surface area contributed by atoms with Gasteiger partial charge in [0.05, 0.1) is 4.90 Å². The SMILES string of the molecule is CCCN1C(=O)[C@@](NS(=O)(=O)c2ccc(NC(C)=O)cc2)(C(F)(F)F)N=C1c1ccccc1. The van der Waals surface area contributed by atoms with Crippen LogP contribution in [0.1, 0.15) is 25.8 Å². The lowest BCUT2D eigenvalue weighted by Crippen LogP contribution is -2.63. The van der Waals surface area contributed by atoms with Gasteiger partial charge >= 0.3 is 11.8 Å². The topological polar surface area (TPSA) is 108 Å². The molecule has 8 nitrogen and oxygen atoms in total. The molecule has 0 aliphatic carbocycles. The van der Waals surface area contributed by atoms with Crippen LogP contribution in [0.3, 0.4) is 0 Å². The van der Waals surface area contributed by atoms with E-state index in [9.17, 15) is 31.2 Å². The van der Waals surface area contributed by atoms with Crippen molar-refractivity contribution in [3.8, 4) is 0 Å². The number of carbonyl (C=O) groups excluding carboxylic acids is 2. The number of carbonyl (C=O) groups is 2. The number of halogens is 3. The number of nitrogens with zero attached hydrogens (tertiary/aromatic N) is 2. The fourth-order valence-corrected chi connectivity index (χ4v) is 4.53. The van der Waals surface area contributed by atoms with Crippen molar-refractivity contribution in [2.45, 2.75) is 37.0 Å². The van der Waals surface area contributed by atoms with E-state index in [0.29, 0.717) is 6.42 Å². The molecule has 2 N–H and O–H groups in total. The first kappa shape index (κ1) is 24.4. The highest BCUT2D eigenvalue weighted by Gasteiger charge is 2.67. The molecule has 176 valence electrons. The van der Waals surface area contributed by atoms with Crippen LogP contribution in [0.2, 0.25) is 0 Å². The maximum absolute atomic E-state index is 14.3. The molecule has 2 aromatic carbocycles. The highest BCUT2D eigenvalue weighted by Crippen LogP contribution is 2.39. The third kappa shape index (κ3) is 4.76. The van der Waals surface area contributed by atoms with E-state index >= 15 is 0 Å². The number of benzene rings is 2. The van der Waals surface area contributed by atoms with Gasteiger partial charge in [-0.05, 0) is 30.7 Å². The summed E-state index contributed by atoms with van der Waals surface area (Å²) in [5, 5.41) is 2.42. The Labute approximate surface area is 188 Å². The molecule has 0 saturated heterocycles. The Bertz CT molecular complexity index is 1180. The van der Waals surface area contributed by atoms with E-state index in [1.807, 2.05) is 0 Å². The monoisotopic (exact) mass is 482 g/mol. The van der Waals surface area contributed by atoms with Crippen molar-refractivity contribution in [2.75, 3.05) is 11.9 Å². The highest BCUT2D eigenvalue weighted by molar-refractivity contribution is 7.89. The van der Waals surface area contributed by atoms with Crippen LogP contribution >= 0.6 is 0 Å². The van der Waals surface area contributed by atoms with E-state index in [1.165, 1.54) is 35.9 Å². The second-order valence-corrected chi connectivity index (χ2v) is 8.96. The predicted octanol–water partition coefficient (Wildman–Crippen LogP) is 2.88. The molecule has 1 atom stereocenters. The number of sulfonamides is 1. The number of nitrogens with one attached hydrogen (secondary N) is 2. The molecule has 33 heavy (non-hydrogen) atoms. The van der Waals surface area contributed by atoms with Crippen molar-refractivity contribution in [2.24, 2.45) is 4.99 Å². The van der Waals surface area contributed by atoms with Gasteiger partial charge in [0.25, 0.3) is 5.91 Å². The van der Waals surface area contributed by atoms with Crippen LogP contribution in [0.15, 0.2) is 64.5 Å². The standard InChI is InChI=1S/C21H21F3N4O4S/c1-3-13-28-18(15-7-5-4-6-8-15)26-20(19(28)30,21(22,23)24)27-33(31,32)17-11-9-16(10-12-17)25-14(2)29/h4-12,27H,3,13H2,1-2H3,(H,25,29)/t20-/m1/s1. The summed E-state index contributed by atoms with van der Waals surface area (Å²) in [5.74, 6) is -2.22. The van der Waals surface area contributed by atoms with Crippen LogP contribution in [0.5, 0.6) is 0 Å². The zero-order valence-electron chi connectivity index (χ0n) is 17.7. The van der Waals surface area contributed by atoms with Gasteiger partial charge in [-0.3, -0.25) is 14.5 Å². The first-order valence-corrected chi connectivity index (χ1v) is 11.3. The first-order chi connectivity index (χ1) is 15.4. The third-order valence-corrected chi connectivity index (χ3v) is 6.20. The maximum Gasteiger partial charge on any atom is 0.437 e. The van der Waals surface area contributed by atoms with Crippen LogP contribution in [-0.4, -0.2) is 49.4 Å². The Kier molecular flexibility index (Phi) is 6.61. The minimum Gasteiger partial charge on any atom is -0.326 e. The van der Waals surface area contributed by atoms with Crippen molar-refractivity contribution >= 4 is 33.4 Å². The van der Waals surface area contributed by atoms with Crippen molar-refractivity contribution in [1.29, 1.82) is 0 Å². The molecule has 0 fully saturated rings. The molecule has 0 unspecified atom stereocenters. The molecule has 0 radical (unpaired) electrons. The molecule has 0 aromatic heterocycles. The number of amidine groups is 1. The zero-order chi connectivity index (χ0) is 24.4. The maximum atomic E-state index is 14.3. The Morgan fingerprint density at radius 2 is 1.70 bits per heavy atom. The number of hydrogen-bond donors (Lipinski definition) is 2. The fraction of sp³-hybridized carbons (Fsp3) is 0.286. The molecule has 2 amide bonds. The van der Waals surface area contributed by atoms with Gasteiger partial charge in [0.2, 0.25) is 15.9 Å². The number of rotatable bonds is 7. The van der Waals surface area contributed by atoms with Crippen LogP contribution in [0, 0.1) is 0 Å². The number of aliphatic imine (C=N–C) groups is 1. The molecule has 3 rings (SSSR count). The summed E-state index contributed by atoms with van der Waals surface area (Å²) in [4.78, 5) is 28.1. The molecule has 0 spiro atoms. The lowest BCUT2D eigenvalue weighted by molar-refractivity contribution is -0.194. The molecule has 1 aliphatic heterocycles. The molecule has 1 heterocycles. The van der Waals surface area contributed by atoms with Gasteiger partial charge in [0.15, 0.2) is 0 Å². The number of alkyl halides is 3. The van der Waals surface area contributed by atoms with Crippen molar-refractivity contribution in [3.63, 3.8) is 0 Å². The Morgan fingerprint density at radius 1 is 1.09 bits per heavy atom. The second kappa shape index (κ2) is 8.94. The minimum absolute atomic E-state index is 0.0858. The van der Waals surface area contributed by atoms with Crippen LogP contribution in [0.25, 0.3) is 0 Å². The van der Waals surface area contributed by atoms with Gasteiger partial charge in [0.1, 0.15) is 5.84 Å². The van der Waals surface area contributed by atoms with E-state index in [4.69, 9.17) is 0 Å². The van der Waals surface area contributed by atoms with Crippen molar-refractivity contribution in [3.05, 3.63) is 60.2 Å². The highest BCUT2D eigenvalue weighted by atomic mass is 32.2. The Hall–Kier alpha value is -3.25. The number of hydrogen-bond acceptors (Lipinski definition) is 5. The average Bonchev–Trinajstić information content (AvgIpc) is 3.01. The number of amides is 2. The van der Waals surface area contributed by atoms with Crippen molar-refractivity contribution < 1.29 is 31.2 Å². The van der Waals surface area contributed by atoms with Gasteiger partial charge in [-0.2, -0.15) is 17.9 Å². The van der Waals surface area contributed by atoms with Crippen LogP contribution < -0.4 is 10.0 Å². The van der Waals surface area contributed by atoms with Crippen molar-refractivity contribution in [1.82, 2.24) is 9.62 Å². The van der Waals surface area contributed by atoms with E-state index in [1.54, 1.807) is 25.1 Å². The lowest BCUT2D eigenvalue weighted by Gasteiger charge is -2.28. The van der Waals surface area contributed by atoms with Crippen LogP contribution in [0.4, 0.5) is 18.9 Å². The quantitative estimate of drug-likeness (QED) is 0.633. The summed E-state index contributed by atoms with van der Waals surface area (Å²) in [5.41, 5.74) is -3.23. The van der Waals surface area contributed by atoms with Gasteiger partial charge in [-0.1, -0.05) is 37.3 Å². The minimum atomic E-state index is -5.37. The normalized spacial score (nSPS) is 18.9. The molecule has 12 heteroatoms. The van der Waals surface area contributed by atoms with Crippen LogP contribution in [-0.2, 0) is 19.6 Å². The lowest BCUT2D eigenvalue weighted by atomic mass is 10.1. The summed E-state index contributed by atoms with van der Waals surface area (Å²) in [6.07, 6.45) is -5.04. The zero-order valence-corrected chi connectivity index (χ0v) is 18.5. The van der Waals surface area contributed by atoms with Gasteiger partial charge in [-0.25, -0.2) is 13.4 Å².